The number of hydrogen-bond acceptors (Lipinski definition) is 5. The van der Waals surface area contributed by atoms with Crippen LogP contribution in [0, 0.1) is 0 Å². The summed E-state index contributed by atoms with van der Waals surface area (Å²) in [4.78, 5) is 16.2. The lowest BCUT2D eigenvalue weighted by Gasteiger charge is -2.10. The minimum atomic E-state index is -0.170. The van der Waals surface area contributed by atoms with Crippen LogP contribution in [0.15, 0.2) is 47.1 Å². The number of ether oxygens (including phenoxy) is 1. The van der Waals surface area contributed by atoms with Gasteiger partial charge in [0.25, 0.3) is 5.91 Å². The van der Waals surface area contributed by atoms with Gasteiger partial charge in [0.2, 0.25) is 5.82 Å². The van der Waals surface area contributed by atoms with Crippen LogP contribution in [0.1, 0.15) is 18.3 Å². The van der Waals surface area contributed by atoms with Crippen molar-refractivity contribution < 1.29 is 13.9 Å². The van der Waals surface area contributed by atoms with Crippen LogP contribution in [-0.2, 0) is 17.6 Å². The average molecular weight is 340 g/mol. The van der Waals surface area contributed by atoms with Gasteiger partial charge in [-0.05, 0) is 30.2 Å². The Hall–Kier alpha value is -3.09. The quantitative estimate of drug-likeness (QED) is 0.657. The normalized spacial score (nSPS) is 10.6. The molecule has 2 aromatic heterocycles. The van der Waals surface area contributed by atoms with Crippen molar-refractivity contribution in [1.82, 2.24) is 20.5 Å². The van der Waals surface area contributed by atoms with Crippen LogP contribution in [0.25, 0.3) is 11.6 Å². The average Bonchev–Trinajstić information content (AvgIpc) is 3.31. The molecule has 1 amide bonds. The van der Waals surface area contributed by atoms with Crippen molar-refractivity contribution in [2.75, 3.05) is 13.2 Å². The number of aromatic amines is 1. The monoisotopic (exact) mass is 340 g/mol. The summed E-state index contributed by atoms with van der Waals surface area (Å²) in [5.74, 6) is 2.37. The third-order valence-corrected chi connectivity index (χ3v) is 3.67. The highest BCUT2D eigenvalue weighted by Gasteiger charge is 2.09. The summed E-state index contributed by atoms with van der Waals surface area (Å²) in [7, 11) is 0. The molecule has 0 aliphatic carbocycles. The zero-order valence-electron chi connectivity index (χ0n) is 14.0. The summed E-state index contributed by atoms with van der Waals surface area (Å²) in [5, 5.41) is 9.73. The second-order valence-electron chi connectivity index (χ2n) is 5.43. The Morgan fingerprint density at radius 2 is 2.16 bits per heavy atom. The molecular weight excluding hydrogens is 320 g/mol. The molecule has 0 radical (unpaired) electrons. The van der Waals surface area contributed by atoms with E-state index in [2.05, 4.69) is 27.4 Å². The Bertz CT molecular complexity index is 811. The summed E-state index contributed by atoms with van der Waals surface area (Å²) in [6.45, 7) is 2.49. The number of para-hydroxylation sites is 1. The molecule has 0 aliphatic rings. The SMILES string of the molecule is CCc1ccccc1OCC(=O)NCCc1nc(-c2ccco2)n[nH]1. The maximum absolute atomic E-state index is 11.9. The first-order valence-electron chi connectivity index (χ1n) is 8.19. The highest BCUT2D eigenvalue weighted by Crippen LogP contribution is 2.18. The van der Waals surface area contributed by atoms with E-state index in [0.717, 1.165) is 17.7 Å². The van der Waals surface area contributed by atoms with Crippen LogP contribution in [0.4, 0.5) is 0 Å². The van der Waals surface area contributed by atoms with Crippen LogP contribution in [-0.4, -0.2) is 34.2 Å². The minimum absolute atomic E-state index is 0.00887. The summed E-state index contributed by atoms with van der Waals surface area (Å²) < 4.78 is 10.8. The van der Waals surface area contributed by atoms with Crippen molar-refractivity contribution in [2.24, 2.45) is 0 Å². The van der Waals surface area contributed by atoms with E-state index in [9.17, 15) is 4.79 Å². The third kappa shape index (κ3) is 4.47. The van der Waals surface area contributed by atoms with E-state index in [4.69, 9.17) is 9.15 Å². The number of nitrogens with one attached hydrogen (secondary N) is 2. The number of rotatable bonds is 8. The highest BCUT2D eigenvalue weighted by molar-refractivity contribution is 5.77. The molecule has 0 fully saturated rings. The van der Waals surface area contributed by atoms with Crippen molar-refractivity contribution in [3.8, 4) is 17.3 Å². The predicted octanol–water partition coefficient (Wildman–Crippen LogP) is 2.36. The van der Waals surface area contributed by atoms with Gasteiger partial charge in [-0.3, -0.25) is 9.89 Å². The van der Waals surface area contributed by atoms with Gasteiger partial charge in [0.1, 0.15) is 11.6 Å². The number of hydrogen-bond donors (Lipinski definition) is 2. The number of furan rings is 1. The van der Waals surface area contributed by atoms with Crippen molar-refractivity contribution in [3.63, 3.8) is 0 Å². The molecule has 25 heavy (non-hydrogen) atoms. The predicted molar refractivity (Wildman–Crippen MR) is 92.1 cm³/mol. The van der Waals surface area contributed by atoms with E-state index >= 15 is 0 Å². The van der Waals surface area contributed by atoms with Crippen molar-refractivity contribution >= 4 is 5.91 Å². The number of carbonyl (C=O) groups is 1. The van der Waals surface area contributed by atoms with Crippen LogP contribution < -0.4 is 10.1 Å². The maximum Gasteiger partial charge on any atom is 0.257 e. The fourth-order valence-electron chi connectivity index (χ4n) is 2.37. The van der Waals surface area contributed by atoms with Crippen LogP contribution in [0.5, 0.6) is 5.75 Å². The second-order valence-corrected chi connectivity index (χ2v) is 5.43. The van der Waals surface area contributed by atoms with Gasteiger partial charge in [-0.25, -0.2) is 4.98 Å². The molecule has 130 valence electrons. The number of aromatic nitrogens is 3. The second kappa shape index (κ2) is 8.14. The Kier molecular flexibility index (Phi) is 5.46. The van der Waals surface area contributed by atoms with E-state index in [0.29, 0.717) is 30.4 Å². The molecule has 2 heterocycles. The smallest absolute Gasteiger partial charge is 0.257 e. The molecule has 0 saturated heterocycles. The van der Waals surface area contributed by atoms with Gasteiger partial charge in [0.05, 0.1) is 6.26 Å². The van der Waals surface area contributed by atoms with Crippen molar-refractivity contribution in [1.29, 1.82) is 0 Å². The number of H-pyrrole nitrogens is 1. The maximum atomic E-state index is 11.9. The highest BCUT2D eigenvalue weighted by atomic mass is 16.5. The zero-order valence-corrected chi connectivity index (χ0v) is 14.0. The Morgan fingerprint density at radius 1 is 1.28 bits per heavy atom. The van der Waals surface area contributed by atoms with Crippen molar-refractivity contribution in [3.05, 3.63) is 54.0 Å². The lowest BCUT2D eigenvalue weighted by Crippen LogP contribution is -2.30. The first-order chi connectivity index (χ1) is 12.3. The van der Waals surface area contributed by atoms with Crippen LogP contribution in [0.3, 0.4) is 0 Å². The van der Waals surface area contributed by atoms with Gasteiger partial charge in [-0.15, -0.1) is 0 Å². The zero-order chi connectivity index (χ0) is 17.5. The third-order valence-electron chi connectivity index (χ3n) is 3.67. The fraction of sp³-hybridized carbons (Fsp3) is 0.278. The molecule has 7 nitrogen and oxygen atoms in total. The standard InChI is InChI=1S/C18H20N4O3/c1-2-13-6-3-4-7-14(13)25-12-17(23)19-10-9-16-20-18(22-21-16)15-8-5-11-24-15/h3-8,11H,2,9-10,12H2,1H3,(H,19,23)(H,20,21,22). The lowest BCUT2D eigenvalue weighted by atomic mass is 10.1. The van der Waals surface area contributed by atoms with Gasteiger partial charge in [-0.1, -0.05) is 25.1 Å². The topological polar surface area (TPSA) is 93.0 Å². The van der Waals surface area contributed by atoms with E-state index in [1.807, 2.05) is 24.3 Å². The lowest BCUT2D eigenvalue weighted by molar-refractivity contribution is -0.123. The molecule has 3 aromatic rings. The number of aryl methyl sites for hydroxylation is 1. The Balaban J connectivity index is 1.42. The molecule has 0 saturated carbocycles. The Morgan fingerprint density at radius 3 is 2.96 bits per heavy atom. The van der Waals surface area contributed by atoms with Gasteiger partial charge in [-0.2, -0.15) is 5.10 Å². The molecular formula is C18H20N4O3. The van der Waals surface area contributed by atoms with E-state index in [1.165, 1.54) is 0 Å². The molecule has 0 atom stereocenters. The number of carbonyl (C=O) groups excluding carboxylic acids is 1. The molecule has 0 bridgehead atoms. The molecule has 1 aromatic carbocycles. The molecule has 0 spiro atoms. The molecule has 3 rings (SSSR count). The summed E-state index contributed by atoms with van der Waals surface area (Å²) in [6, 6.07) is 11.3. The van der Waals surface area contributed by atoms with Gasteiger partial charge < -0.3 is 14.5 Å². The van der Waals surface area contributed by atoms with E-state index in [1.54, 1.807) is 18.4 Å². The summed E-state index contributed by atoms with van der Waals surface area (Å²) in [5.41, 5.74) is 1.09. The first-order valence-corrected chi connectivity index (χ1v) is 8.19. The fourth-order valence-corrected chi connectivity index (χ4v) is 2.37. The largest absolute Gasteiger partial charge is 0.483 e. The summed E-state index contributed by atoms with van der Waals surface area (Å²) >= 11 is 0. The van der Waals surface area contributed by atoms with Gasteiger partial charge >= 0.3 is 0 Å². The molecule has 2 N–H and O–H groups in total. The summed E-state index contributed by atoms with van der Waals surface area (Å²) in [6.07, 6.45) is 2.98. The van der Waals surface area contributed by atoms with Gasteiger partial charge in [0.15, 0.2) is 12.4 Å². The molecule has 7 heteroatoms. The van der Waals surface area contributed by atoms with Gasteiger partial charge in [0, 0.05) is 13.0 Å². The van der Waals surface area contributed by atoms with Crippen LogP contribution in [0.2, 0.25) is 0 Å². The Labute approximate surface area is 145 Å². The van der Waals surface area contributed by atoms with E-state index in [-0.39, 0.29) is 12.5 Å². The number of benzene rings is 1. The van der Waals surface area contributed by atoms with E-state index < -0.39 is 0 Å². The number of nitrogens with zero attached hydrogens (tertiary/aromatic N) is 2. The van der Waals surface area contributed by atoms with Crippen molar-refractivity contribution in [2.45, 2.75) is 19.8 Å². The first kappa shape index (κ1) is 16.8. The molecule has 0 aliphatic heterocycles. The molecule has 0 unspecified atom stereocenters. The van der Waals surface area contributed by atoms with Crippen LogP contribution >= 0.6 is 0 Å². The minimum Gasteiger partial charge on any atom is -0.483 e. The number of amides is 1.